The molecule has 1 heterocycles. The van der Waals surface area contributed by atoms with Crippen LogP contribution in [0.5, 0.6) is 0 Å². The van der Waals surface area contributed by atoms with Gasteiger partial charge in [0.1, 0.15) is 5.69 Å². The number of amides is 1. The van der Waals surface area contributed by atoms with Crippen molar-refractivity contribution in [3.63, 3.8) is 0 Å². The zero-order valence-electron chi connectivity index (χ0n) is 16.0. The molecule has 0 radical (unpaired) electrons. The quantitative estimate of drug-likeness (QED) is 0.475. The van der Waals surface area contributed by atoms with E-state index in [0.29, 0.717) is 11.1 Å². The Hall–Kier alpha value is -3.60. The average molecular weight is 384 g/mol. The van der Waals surface area contributed by atoms with Crippen LogP contribution in [-0.2, 0) is 5.54 Å². The van der Waals surface area contributed by atoms with Crippen LogP contribution in [0.15, 0.2) is 60.7 Å². The number of aromatic carboxylic acids is 1. The first-order valence-electron chi connectivity index (χ1n) is 9.64. The number of carboxylic acids is 1. The van der Waals surface area contributed by atoms with Gasteiger partial charge in [0.2, 0.25) is 0 Å². The zero-order valence-corrected chi connectivity index (χ0v) is 16.0. The zero-order chi connectivity index (χ0) is 20.2. The molecule has 1 aliphatic rings. The van der Waals surface area contributed by atoms with Crippen molar-refractivity contribution in [3.05, 3.63) is 83.0 Å². The Balaban J connectivity index is 1.51. The fraction of sp³-hybridized carbons (Fsp3) is 0.167. The highest BCUT2D eigenvalue weighted by Crippen LogP contribution is 2.48. The van der Waals surface area contributed by atoms with E-state index in [0.717, 1.165) is 40.1 Å². The van der Waals surface area contributed by atoms with Gasteiger partial charge in [0.05, 0.1) is 5.54 Å². The number of benzene rings is 3. The second kappa shape index (κ2) is 6.21. The van der Waals surface area contributed by atoms with E-state index >= 15 is 0 Å². The summed E-state index contributed by atoms with van der Waals surface area (Å²) < 4.78 is 0. The van der Waals surface area contributed by atoms with Gasteiger partial charge in [0.15, 0.2) is 0 Å². The molecule has 3 aromatic carbocycles. The number of aromatic nitrogens is 1. The monoisotopic (exact) mass is 384 g/mol. The molecule has 1 aromatic heterocycles. The van der Waals surface area contributed by atoms with Crippen LogP contribution in [0, 0.1) is 6.92 Å². The molecule has 0 unspecified atom stereocenters. The maximum absolute atomic E-state index is 13.2. The molecule has 144 valence electrons. The van der Waals surface area contributed by atoms with Gasteiger partial charge in [-0.15, -0.1) is 0 Å². The van der Waals surface area contributed by atoms with Gasteiger partial charge in [0, 0.05) is 16.5 Å². The molecular formula is C24H20N2O3. The van der Waals surface area contributed by atoms with Crippen molar-refractivity contribution in [1.29, 1.82) is 0 Å². The molecule has 4 aromatic rings. The number of hydrogen-bond donors (Lipinski definition) is 3. The van der Waals surface area contributed by atoms with Crippen molar-refractivity contribution < 1.29 is 14.7 Å². The van der Waals surface area contributed by atoms with Crippen LogP contribution < -0.4 is 5.32 Å². The minimum absolute atomic E-state index is 0.117. The number of carbonyl (C=O) groups excluding carboxylic acids is 1. The number of nitrogens with one attached hydrogen (secondary N) is 2. The summed E-state index contributed by atoms with van der Waals surface area (Å²) in [6, 6.07) is 19.6. The maximum Gasteiger partial charge on any atom is 0.352 e. The molecule has 1 aliphatic carbocycles. The Kier molecular flexibility index (Phi) is 3.74. The minimum Gasteiger partial charge on any atom is -0.477 e. The Morgan fingerprint density at radius 2 is 1.76 bits per heavy atom. The first-order chi connectivity index (χ1) is 14.0. The van der Waals surface area contributed by atoms with E-state index in [1.54, 1.807) is 12.1 Å². The van der Waals surface area contributed by atoms with Gasteiger partial charge in [0.25, 0.3) is 5.91 Å². The molecule has 5 rings (SSSR count). The lowest BCUT2D eigenvalue weighted by Gasteiger charge is -2.21. The first-order valence-corrected chi connectivity index (χ1v) is 9.64. The van der Waals surface area contributed by atoms with Gasteiger partial charge in [-0.2, -0.15) is 0 Å². The summed E-state index contributed by atoms with van der Waals surface area (Å²) in [4.78, 5) is 27.3. The summed E-state index contributed by atoms with van der Waals surface area (Å²) >= 11 is 0. The predicted octanol–water partition coefficient (Wildman–Crippen LogP) is 4.75. The van der Waals surface area contributed by atoms with Crippen molar-refractivity contribution in [1.82, 2.24) is 10.3 Å². The number of fused-ring (bicyclic) bond motifs is 2. The number of aryl methyl sites for hydroxylation is 1. The number of rotatable bonds is 4. The lowest BCUT2D eigenvalue weighted by atomic mass is 9.96. The SMILES string of the molecule is Cc1cc2cc(C(=O)O)[nH]c2cc1C(=O)NC1(c2cccc3ccccc23)CC1. The van der Waals surface area contributed by atoms with Gasteiger partial charge < -0.3 is 15.4 Å². The lowest BCUT2D eigenvalue weighted by molar-refractivity contribution is 0.0691. The number of carbonyl (C=O) groups is 2. The van der Waals surface area contributed by atoms with Gasteiger partial charge in [-0.05, 0) is 59.9 Å². The van der Waals surface area contributed by atoms with Gasteiger partial charge in [-0.25, -0.2) is 4.79 Å². The van der Waals surface area contributed by atoms with E-state index in [1.165, 1.54) is 0 Å². The van der Waals surface area contributed by atoms with E-state index in [4.69, 9.17) is 0 Å². The van der Waals surface area contributed by atoms with Crippen LogP contribution in [0.1, 0.15) is 44.8 Å². The van der Waals surface area contributed by atoms with Crippen molar-refractivity contribution >= 4 is 33.6 Å². The summed E-state index contributed by atoms with van der Waals surface area (Å²) in [7, 11) is 0. The molecule has 1 saturated carbocycles. The van der Waals surface area contributed by atoms with E-state index in [2.05, 4.69) is 34.6 Å². The van der Waals surface area contributed by atoms with Crippen LogP contribution >= 0.6 is 0 Å². The topological polar surface area (TPSA) is 82.2 Å². The molecule has 29 heavy (non-hydrogen) atoms. The summed E-state index contributed by atoms with van der Waals surface area (Å²) in [5.41, 5.74) is 2.94. The minimum atomic E-state index is -1.02. The summed E-state index contributed by atoms with van der Waals surface area (Å²) in [5, 5.41) is 15.6. The standard InChI is InChI=1S/C24H20N2O3/c1-14-11-16-12-21(23(28)29)25-20(16)13-18(14)22(27)26-24(9-10-24)19-8-4-6-15-5-2-3-7-17(15)19/h2-8,11-13,25H,9-10H2,1H3,(H,26,27)(H,28,29). The second-order valence-electron chi connectivity index (χ2n) is 7.81. The highest BCUT2D eigenvalue weighted by molar-refractivity contribution is 6.02. The number of H-pyrrole nitrogens is 1. The highest BCUT2D eigenvalue weighted by atomic mass is 16.4. The summed E-state index contributed by atoms with van der Waals surface area (Å²) in [6.45, 7) is 1.87. The van der Waals surface area contributed by atoms with Crippen LogP contribution in [-0.4, -0.2) is 22.0 Å². The Labute approximate surface area is 167 Å². The van der Waals surface area contributed by atoms with E-state index in [1.807, 2.05) is 31.2 Å². The summed E-state index contributed by atoms with van der Waals surface area (Å²) in [6.07, 6.45) is 1.80. The molecule has 0 aliphatic heterocycles. The molecule has 1 amide bonds. The Bertz CT molecular complexity index is 1290. The van der Waals surface area contributed by atoms with Crippen molar-refractivity contribution in [3.8, 4) is 0 Å². The van der Waals surface area contributed by atoms with Gasteiger partial charge in [-0.3, -0.25) is 4.79 Å². The van der Waals surface area contributed by atoms with E-state index in [9.17, 15) is 14.7 Å². The molecule has 1 fully saturated rings. The predicted molar refractivity (Wildman–Crippen MR) is 112 cm³/mol. The smallest absolute Gasteiger partial charge is 0.352 e. The van der Waals surface area contributed by atoms with Crippen molar-refractivity contribution in [2.75, 3.05) is 0 Å². The first kappa shape index (κ1) is 17.5. The van der Waals surface area contributed by atoms with Gasteiger partial charge in [-0.1, -0.05) is 42.5 Å². The third-order valence-electron chi connectivity index (χ3n) is 5.85. The third-order valence-corrected chi connectivity index (χ3v) is 5.85. The normalized spacial score (nSPS) is 14.8. The third kappa shape index (κ3) is 2.86. The highest BCUT2D eigenvalue weighted by Gasteiger charge is 2.46. The fourth-order valence-electron chi connectivity index (χ4n) is 4.17. The van der Waals surface area contributed by atoms with Crippen LogP contribution in [0.4, 0.5) is 0 Å². The molecular weight excluding hydrogens is 364 g/mol. The number of hydrogen-bond acceptors (Lipinski definition) is 2. The Morgan fingerprint density at radius 3 is 2.52 bits per heavy atom. The van der Waals surface area contributed by atoms with Crippen molar-refractivity contribution in [2.24, 2.45) is 0 Å². The second-order valence-corrected chi connectivity index (χ2v) is 7.81. The van der Waals surface area contributed by atoms with Crippen LogP contribution in [0.25, 0.3) is 21.7 Å². The molecule has 5 nitrogen and oxygen atoms in total. The lowest BCUT2D eigenvalue weighted by Crippen LogP contribution is -2.35. The van der Waals surface area contributed by atoms with Crippen LogP contribution in [0.2, 0.25) is 0 Å². The Morgan fingerprint density at radius 1 is 1.00 bits per heavy atom. The molecule has 0 atom stereocenters. The molecule has 0 saturated heterocycles. The average Bonchev–Trinajstić information content (AvgIpc) is 3.36. The molecule has 5 heteroatoms. The number of carboxylic acid groups (broad SMARTS) is 1. The number of aromatic amines is 1. The van der Waals surface area contributed by atoms with Gasteiger partial charge >= 0.3 is 5.97 Å². The maximum atomic E-state index is 13.2. The largest absolute Gasteiger partial charge is 0.477 e. The van der Waals surface area contributed by atoms with Crippen molar-refractivity contribution in [2.45, 2.75) is 25.3 Å². The van der Waals surface area contributed by atoms with E-state index in [-0.39, 0.29) is 17.1 Å². The molecule has 3 N–H and O–H groups in total. The summed E-state index contributed by atoms with van der Waals surface area (Å²) in [5.74, 6) is -1.15. The van der Waals surface area contributed by atoms with E-state index < -0.39 is 5.97 Å². The van der Waals surface area contributed by atoms with Crippen LogP contribution in [0.3, 0.4) is 0 Å². The molecule has 0 bridgehead atoms. The molecule has 0 spiro atoms. The fourth-order valence-corrected chi connectivity index (χ4v) is 4.17.